The Morgan fingerprint density at radius 1 is 1.37 bits per heavy atom. The molecule has 1 aromatic carbocycles. The fourth-order valence-corrected chi connectivity index (χ4v) is 3.22. The van der Waals surface area contributed by atoms with Crippen LogP contribution in [0.3, 0.4) is 0 Å². The molecule has 0 spiro atoms. The number of hydrogen-bond donors (Lipinski definition) is 0. The van der Waals surface area contributed by atoms with Gasteiger partial charge in [-0.05, 0) is 48.9 Å². The van der Waals surface area contributed by atoms with Crippen LogP contribution in [0.2, 0.25) is 5.02 Å². The van der Waals surface area contributed by atoms with Gasteiger partial charge in [0.2, 0.25) is 0 Å². The van der Waals surface area contributed by atoms with Crippen LogP contribution >= 0.6 is 11.6 Å². The molecule has 0 N–H and O–H groups in total. The lowest BCUT2D eigenvalue weighted by molar-refractivity contribution is 0.236. The van der Waals surface area contributed by atoms with Gasteiger partial charge in [0.1, 0.15) is 0 Å². The van der Waals surface area contributed by atoms with E-state index in [2.05, 4.69) is 24.8 Å². The van der Waals surface area contributed by atoms with Crippen LogP contribution in [0.5, 0.6) is 0 Å². The van der Waals surface area contributed by atoms with E-state index >= 15 is 0 Å². The maximum atomic E-state index is 8.85. The van der Waals surface area contributed by atoms with E-state index in [-0.39, 0.29) is 0 Å². The maximum absolute atomic E-state index is 8.85. The molecular formula is C16H21ClN2. The Balaban J connectivity index is 2.05. The fraction of sp³-hybridized carbons (Fsp3) is 0.562. The SMILES string of the molecule is CCC1(CC)CCN(Cc2ccc(C#N)cc2Cl)C1. The maximum Gasteiger partial charge on any atom is 0.0992 e. The predicted octanol–water partition coefficient (Wildman–Crippen LogP) is 4.22. The third-order valence-electron chi connectivity index (χ3n) is 4.59. The Kier molecular flexibility index (Phi) is 4.50. The van der Waals surface area contributed by atoms with Gasteiger partial charge in [0.05, 0.1) is 11.6 Å². The molecule has 0 amide bonds. The first-order valence-corrected chi connectivity index (χ1v) is 7.41. The summed E-state index contributed by atoms with van der Waals surface area (Å²) in [5.74, 6) is 0. The van der Waals surface area contributed by atoms with E-state index in [0.717, 1.165) is 25.2 Å². The molecule has 102 valence electrons. The number of halogens is 1. The van der Waals surface area contributed by atoms with Gasteiger partial charge in [-0.2, -0.15) is 5.26 Å². The number of hydrogen-bond acceptors (Lipinski definition) is 2. The molecule has 0 aliphatic carbocycles. The number of nitriles is 1. The van der Waals surface area contributed by atoms with Crippen molar-refractivity contribution in [3.63, 3.8) is 0 Å². The van der Waals surface area contributed by atoms with Crippen molar-refractivity contribution in [2.24, 2.45) is 5.41 Å². The molecule has 0 unspecified atom stereocenters. The molecule has 1 fully saturated rings. The monoisotopic (exact) mass is 276 g/mol. The summed E-state index contributed by atoms with van der Waals surface area (Å²) in [6, 6.07) is 7.72. The van der Waals surface area contributed by atoms with Gasteiger partial charge in [-0.1, -0.05) is 31.5 Å². The smallest absolute Gasteiger partial charge is 0.0992 e. The lowest BCUT2D eigenvalue weighted by atomic mass is 9.82. The highest BCUT2D eigenvalue weighted by Crippen LogP contribution is 2.37. The van der Waals surface area contributed by atoms with Crippen molar-refractivity contribution in [1.82, 2.24) is 4.90 Å². The molecule has 0 atom stereocenters. The summed E-state index contributed by atoms with van der Waals surface area (Å²) < 4.78 is 0. The quantitative estimate of drug-likeness (QED) is 0.823. The van der Waals surface area contributed by atoms with Crippen molar-refractivity contribution in [3.8, 4) is 6.07 Å². The molecule has 1 aromatic rings. The summed E-state index contributed by atoms with van der Waals surface area (Å²) in [6.07, 6.45) is 3.79. The number of rotatable bonds is 4. The van der Waals surface area contributed by atoms with Crippen LogP contribution in [0.4, 0.5) is 0 Å². The molecule has 1 aliphatic rings. The summed E-state index contributed by atoms with van der Waals surface area (Å²) in [6.45, 7) is 7.80. The van der Waals surface area contributed by atoms with Gasteiger partial charge in [-0.25, -0.2) is 0 Å². The molecule has 1 saturated heterocycles. The molecule has 0 radical (unpaired) electrons. The van der Waals surface area contributed by atoms with Crippen molar-refractivity contribution in [1.29, 1.82) is 5.26 Å². The van der Waals surface area contributed by atoms with Crippen molar-refractivity contribution >= 4 is 11.6 Å². The van der Waals surface area contributed by atoms with E-state index in [1.54, 1.807) is 6.07 Å². The minimum atomic E-state index is 0.499. The molecule has 19 heavy (non-hydrogen) atoms. The largest absolute Gasteiger partial charge is 0.298 e. The molecule has 1 heterocycles. The Bertz CT molecular complexity index is 486. The Hall–Kier alpha value is -1.04. The molecular weight excluding hydrogens is 256 g/mol. The topological polar surface area (TPSA) is 27.0 Å². The Labute approximate surface area is 121 Å². The van der Waals surface area contributed by atoms with Crippen molar-refractivity contribution in [2.45, 2.75) is 39.7 Å². The zero-order valence-electron chi connectivity index (χ0n) is 11.7. The highest BCUT2D eigenvalue weighted by Gasteiger charge is 2.34. The first kappa shape index (κ1) is 14.4. The average Bonchev–Trinajstić information content (AvgIpc) is 2.85. The lowest BCUT2D eigenvalue weighted by Crippen LogP contribution is -2.26. The highest BCUT2D eigenvalue weighted by atomic mass is 35.5. The van der Waals surface area contributed by atoms with Crippen LogP contribution in [0.25, 0.3) is 0 Å². The van der Waals surface area contributed by atoms with Crippen molar-refractivity contribution < 1.29 is 0 Å². The van der Waals surface area contributed by atoms with E-state index in [0.29, 0.717) is 16.0 Å². The van der Waals surface area contributed by atoms with Crippen LogP contribution in [-0.4, -0.2) is 18.0 Å². The fourth-order valence-electron chi connectivity index (χ4n) is 2.98. The Morgan fingerprint density at radius 2 is 2.11 bits per heavy atom. The van der Waals surface area contributed by atoms with E-state index < -0.39 is 0 Å². The van der Waals surface area contributed by atoms with Crippen LogP contribution in [0.15, 0.2) is 18.2 Å². The minimum Gasteiger partial charge on any atom is -0.298 e. The zero-order valence-corrected chi connectivity index (χ0v) is 12.5. The minimum absolute atomic E-state index is 0.499. The Morgan fingerprint density at radius 3 is 2.63 bits per heavy atom. The molecule has 0 aromatic heterocycles. The van der Waals surface area contributed by atoms with Gasteiger partial charge in [-0.15, -0.1) is 0 Å². The van der Waals surface area contributed by atoms with E-state index in [1.165, 1.54) is 19.3 Å². The molecule has 0 saturated carbocycles. The molecule has 0 bridgehead atoms. The van der Waals surface area contributed by atoms with Gasteiger partial charge in [0.25, 0.3) is 0 Å². The summed E-state index contributed by atoms with van der Waals surface area (Å²) in [7, 11) is 0. The van der Waals surface area contributed by atoms with E-state index in [1.807, 2.05) is 12.1 Å². The van der Waals surface area contributed by atoms with Crippen molar-refractivity contribution in [3.05, 3.63) is 34.3 Å². The van der Waals surface area contributed by atoms with Crippen LogP contribution in [-0.2, 0) is 6.54 Å². The molecule has 1 aliphatic heterocycles. The second-order valence-electron chi connectivity index (χ2n) is 5.59. The second-order valence-corrected chi connectivity index (χ2v) is 5.99. The van der Waals surface area contributed by atoms with Gasteiger partial charge >= 0.3 is 0 Å². The third kappa shape index (κ3) is 3.11. The van der Waals surface area contributed by atoms with Gasteiger partial charge in [0.15, 0.2) is 0 Å². The van der Waals surface area contributed by atoms with Crippen LogP contribution in [0.1, 0.15) is 44.2 Å². The molecule has 3 heteroatoms. The van der Waals surface area contributed by atoms with Crippen molar-refractivity contribution in [2.75, 3.05) is 13.1 Å². The number of nitrogens with zero attached hydrogens (tertiary/aromatic N) is 2. The summed E-state index contributed by atoms with van der Waals surface area (Å²) in [4.78, 5) is 2.49. The van der Waals surface area contributed by atoms with Gasteiger partial charge < -0.3 is 0 Å². The summed E-state index contributed by atoms with van der Waals surface area (Å²) in [5.41, 5.74) is 2.26. The van der Waals surface area contributed by atoms with E-state index in [9.17, 15) is 0 Å². The standard InChI is InChI=1S/C16H21ClN2/c1-3-16(4-2)7-8-19(12-16)11-14-6-5-13(10-18)9-15(14)17/h5-6,9H,3-4,7-8,11-12H2,1-2H3. The second kappa shape index (κ2) is 5.94. The number of likely N-dealkylation sites (tertiary alicyclic amines) is 1. The number of benzene rings is 1. The normalized spacial score (nSPS) is 18.4. The predicted molar refractivity (Wildman–Crippen MR) is 79.1 cm³/mol. The van der Waals surface area contributed by atoms with Crippen LogP contribution in [0, 0.1) is 16.7 Å². The van der Waals surface area contributed by atoms with Gasteiger partial charge in [0, 0.05) is 18.1 Å². The van der Waals surface area contributed by atoms with Crippen LogP contribution < -0.4 is 0 Å². The first-order valence-electron chi connectivity index (χ1n) is 7.03. The summed E-state index contributed by atoms with van der Waals surface area (Å²) in [5, 5.41) is 9.56. The van der Waals surface area contributed by atoms with E-state index in [4.69, 9.17) is 16.9 Å². The lowest BCUT2D eigenvalue weighted by Gasteiger charge is -2.26. The first-order chi connectivity index (χ1) is 9.12. The third-order valence-corrected chi connectivity index (χ3v) is 4.95. The summed E-state index contributed by atoms with van der Waals surface area (Å²) >= 11 is 6.25. The molecule has 2 nitrogen and oxygen atoms in total. The zero-order chi connectivity index (χ0) is 13.9. The average molecular weight is 277 g/mol. The highest BCUT2D eigenvalue weighted by molar-refractivity contribution is 6.31. The molecule has 2 rings (SSSR count). The van der Waals surface area contributed by atoms with Gasteiger partial charge in [-0.3, -0.25) is 4.90 Å².